The fraction of sp³-hybridized carbons (Fsp3) is 0.0714. The second kappa shape index (κ2) is 5.84. The van der Waals surface area contributed by atoms with Crippen molar-refractivity contribution in [1.29, 1.82) is 0 Å². The van der Waals surface area contributed by atoms with Gasteiger partial charge in [0.05, 0.1) is 4.92 Å². The molecule has 0 saturated heterocycles. The zero-order valence-corrected chi connectivity index (χ0v) is 10.9. The predicted octanol–water partition coefficient (Wildman–Crippen LogP) is 3.87. The summed E-state index contributed by atoms with van der Waals surface area (Å²) in [6, 6.07) is 10.2. The SMILES string of the molecule is O=C(Nc1ccccc1)c1ccc([N+](=O)[O-])c(C(F)(F)F)c1. The molecule has 22 heavy (non-hydrogen) atoms. The average Bonchev–Trinajstić information content (AvgIpc) is 2.46. The van der Waals surface area contributed by atoms with E-state index in [0.29, 0.717) is 17.8 Å². The van der Waals surface area contributed by atoms with Crippen molar-refractivity contribution in [2.45, 2.75) is 6.18 Å². The summed E-state index contributed by atoms with van der Waals surface area (Å²) >= 11 is 0. The molecule has 0 heterocycles. The molecule has 0 aromatic heterocycles. The number of hydrogen-bond acceptors (Lipinski definition) is 3. The van der Waals surface area contributed by atoms with Crippen LogP contribution in [0.4, 0.5) is 24.5 Å². The molecule has 1 amide bonds. The Hall–Kier alpha value is -2.90. The minimum absolute atomic E-state index is 0.318. The third kappa shape index (κ3) is 3.40. The number of carbonyl (C=O) groups is 1. The molecule has 0 unspecified atom stereocenters. The van der Waals surface area contributed by atoms with Gasteiger partial charge in [-0.05, 0) is 24.3 Å². The molecule has 1 N–H and O–H groups in total. The zero-order valence-electron chi connectivity index (χ0n) is 10.9. The van der Waals surface area contributed by atoms with Crippen molar-refractivity contribution >= 4 is 17.3 Å². The average molecular weight is 310 g/mol. The van der Waals surface area contributed by atoms with E-state index in [0.717, 1.165) is 6.07 Å². The van der Waals surface area contributed by atoms with Gasteiger partial charge in [0.1, 0.15) is 5.56 Å². The van der Waals surface area contributed by atoms with E-state index in [1.807, 2.05) is 0 Å². The Labute approximate surface area is 122 Å². The first kappa shape index (κ1) is 15.5. The van der Waals surface area contributed by atoms with Crippen LogP contribution >= 0.6 is 0 Å². The standard InChI is InChI=1S/C14H9F3N2O3/c15-14(16,17)11-8-9(6-7-12(11)19(21)22)13(20)18-10-4-2-1-3-5-10/h1-8H,(H,18,20). The summed E-state index contributed by atoms with van der Waals surface area (Å²) < 4.78 is 38.5. The monoisotopic (exact) mass is 310 g/mol. The van der Waals surface area contributed by atoms with Gasteiger partial charge in [0.25, 0.3) is 11.6 Å². The van der Waals surface area contributed by atoms with Crippen molar-refractivity contribution in [3.63, 3.8) is 0 Å². The molecule has 0 fully saturated rings. The predicted molar refractivity (Wildman–Crippen MR) is 72.5 cm³/mol. The number of carbonyl (C=O) groups excluding carboxylic acids is 1. The number of nitro groups is 1. The van der Waals surface area contributed by atoms with Crippen LogP contribution in [0.1, 0.15) is 15.9 Å². The third-order valence-electron chi connectivity index (χ3n) is 2.79. The van der Waals surface area contributed by atoms with E-state index in [-0.39, 0.29) is 5.56 Å². The minimum atomic E-state index is -4.93. The number of amides is 1. The van der Waals surface area contributed by atoms with Crippen LogP contribution in [0.15, 0.2) is 48.5 Å². The van der Waals surface area contributed by atoms with Crippen molar-refractivity contribution in [2.75, 3.05) is 5.32 Å². The van der Waals surface area contributed by atoms with E-state index in [9.17, 15) is 28.1 Å². The summed E-state index contributed by atoms with van der Waals surface area (Å²) in [6.45, 7) is 0. The normalized spacial score (nSPS) is 11.0. The van der Waals surface area contributed by atoms with Gasteiger partial charge in [-0.25, -0.2) is 0 Å². The van der Waals surface area contributed by atoms with Gasteiger partial charge >= 0.3 is 6.18 Å². The molecule has 0 aliphatic carbocycles. The fourth-order valence-electron chi connectivity index (χ4n) is 1.79. The van der Waals surface area contributed by atoms with E-state index in [2.05, 4.69) is 5.32 Å². The van der Waals surface area contributed by atoms with E-state index in [4.69, 9.17) is 0 Å². The summed E-state index contributed by atoms with van der Waals surface area (Å²) in [4.78, 5) is 21.4. The molecule has 0 atom stereocenters. The molecule has 114 valence electrons. The van der Waals surface area contributed by atoms with Crippen LogP contribution in [0, 0.1) is 10.1 Å². The van der Waals surface area contributed by atoms with Gasteiger partial charge in [-0.2, -0.15) is 13.2 Å². The number of para-hydroxylation sites is 1. The van der Waals surface area contributed by atoms with Crippen LogP contribution in [-0.4, -0.2) is 10.8 Å². The summed E-state index contributed by atoms with van der Waals surface area (Å²) in [5, 5.41) is 13.1. The lowest BCUT2D eigenvalue weighted by atomic mass is 10.1. The summed E-state index contributed by atoms with van der Waals surface area (Å²) in [5.74, 6) is -0.786. The highest BCUT2D eigenvalue weighted by molar-refractivity contribution is 6.04. The number of nitrogens with zero attached hydrogens (tertiary/aromatic N) is 1. The first-order chi connectivity index (χ1) is 10.3. The quantitative estimate of drug-likeness (QED) is 0.691. The molecule has 8 heteroatoms. The second-order valence-corrected chi connectivity index (χ2v) is 4.31. The van der Waals surface area contributed by atoms with Crippen LogP contribution in [0.25, 0.3) is 0 Å². The molecule has 0 aliphatic rings. The Balaban J connectivity index is 2.36. The summed E-state index contributed by atoms with van der Waals surface area (Å²) in [5.41, 5.74) is -2.47. The zero-order chi connectivity index (χ0) is 16.3. The van der Waals surface area contributed by atoms with E-state index < -0.39 is 28.3 Å². The maximum Gasteiger partial charge on any atom is 0.423 e. The lowest BCUT2D eigenvalue weighted by Gasteiger charge is -2.10. The number of halogens is 3. The Morgan fingerprint density at radius 1 is 1.09 bits per heavy atom. The van der Waals surface area contributed by atoms with Gasteiger partial charge in [0.2, 0.25) is 0 Å². The van der Waals surface area contributed by atoms with Gasteiger partial charge in [0.15, 0.2) is 0 Å². The van der Waals surface area contributed by atoms with Crippen molar-refractivity contribution < 1.29 is 22.9 Å². The third-order valence-corrected chi connectivity index (χ3v) is 2.79. The topological polar surface area (TPSA) is 72.2 Å². The van der Waals surface area contributed by atoms with Crippen LogP contribution in [-0.2, 0) is 6.18 Å². The number of nitrogens with one attached hydrogen (secondary N) is 1. The molecule has 2 aromatic rings. The van der Waals surface area contributed by atoms with Crippen molar-refractivity contribution in [3.8, 4) is 0 Å². The van der Waals surface area contributed by atoms with E-state index in [1.54, 1.807) is 30.3 Å². The Morgan fingerprint density at radius 2 is 1.73 bits per heavy atom. The van der Waals surface area contributed by atoms with Crippen molar-refractivity contribution in [1.82, 2.24) is 0 Å². The maximum absolute atomic E-state index is 12.8. The smallest absolute Gasteiger partial charge is 0.322 e. The lowest BCUT2D eigenvalue weighted by Crippen LogP contribution is -2.15. The number of hydrogen-bond donors (Lipinski definition) is 1. The lowest BCUT2D eigenvalue weighted by molar-refractivity contribution is -0.388. The molecule has 0 bridgehead atoms. The number of rotatable bonds is 3. The van der Waals surface area contributed by atoms with Gasteiger partial charge in [0, 0.05) is 17.3 Å². The number of anilines is 1. The van der Waals surface area contributed by atoms with Crippen LogP contribution in [0.2, 0.25) is 0 Å². The van der Waals surface area contributed by atoms with Gasteiger partial charge in [-0.3, -0.25) is 14.9 Å². The molecule has 0 aliphatic heterocycles. The molecule has 2 rings (SSSR count). The Morgan fingerprint density at radius 3 is 2.27 bits per heavy atom. The highest BCUT2D eigenvalue weighted by Gasteiger charge is 2.38. The number of alkyl halides is 3. The molecule has 0 radical (unpaired) electrons. The molecular weight excluding hydrogens is 301 g/mol. The Kier molecular flexibility index (Phi) is 4.11. The molecule has 0 spiro atoms. The van der Waals surface area contributed by atoms with Crippen LogP contribution in [0.3, 0.4) is 0 Å². The van der Waals surface area contributed by atoms with Gasteiger partial charge < -0.3 is 5.32 Å². The Bertz CT molecular complexity index is 715. The first-order valence-electron chi connectivity index (χ1n) is 6.01. The largest absolute Gasteiger partial charge is 0.423 e. The van der Waals surface area contributed by atoms with E-state index in [1.165, 1.54) is 0 Å². The maximum atomic E-state index is 12.8. The van der Waals surface area contributed by atoms with Crippen LogP contribution < -0.4 is 5.32 Å². The number of nitro benzene ring substituents is 1. The van der Waals surface area contributed by atoms with Crippen molar-refractivity contribution in [2.24, 2.45) is 0 Å². The highest BCUT2D eigenvalue weighted by atomic mass is 19.4. The second-order valence-electron chi connectivity index (χ2n) is 4.31. The molecule has 2 aromatic carbocycles. The fourth-order valence-corrected chi connectivity index (χ4v) is 1.79. The highest BCUT2D eigenvalue weighted by Crippen LogP contribution is 2.36. The van der Waals surface area contributed by atoms with Gasteiger partial charge in [-0.1, -0.05) is 18.2 Å². The van der Waals surface area contributed by atoms with E-state index >= 15 is 0 Å². The summed E-state index contributed by atoms with van der Waals surface area (Å²) in [6.07, 6.45) is -4.93. The minimum Gasteiger partial charge on any atom is -0.322 e. The molecule has 0 saturated carbocycles. The molecule has 5 nitrogen and oxygen atoms in total. The number of benzene rings is 2. The van der Waals surface area contributed by atoms with Crippen LogP contribution in [0.5, 0.6) is 0 Å². The summed E-state index contributed by atoms with van der Waals surface area (Å²) in [7, 11) is 0. The molecular formula is C14H9F3N2O3. The first-order valence-corrected chi connectivity index (χ1v) is 6.01. The van der Waals surface area contributed by atoms with Gasteiger partial charge in [-0.15, -0.1) is 0 Å². The van der Waals surface area contributed by atoms with Crippen molar-refractivity contribution in [3.05, 3.63) is 69.8 Å².